The Morgan fingerprint density at radius 2 is 1.97 bits per heavy atom. The Kier molecular flexibility index (Phi) is 7.35. The summed E-state index contributed by atoms with van der Waals surface area (Å²) in [5, 5.41) is 7.52. The highest BCUT2D eigenvalue weighted by atomic mass is 16.5. The van der Waals surface area contributed by atoms with Crippen LogP contribution < -0.4 is 10.1 Å². The van der Waals surface area contributed by atoms with Gasteiger partial charge in [0.15, 0.2) is 0 Å². The largest absolute Gasteiger partial charge is 0.475 e. The number of hydrogen-bond acceptors (Lipinski definition) is 5. The van der Waals surface area contributed by atoms with E-state index in [-0.39, 0.29) is 5.91 Å². The lowest BCUT2D eigenvalue weighted by Gasteiger charge is -2.10. The number of carbonyl (C=O) groups is 1. The molecule has 0 saturated carbocycles. The SMILES string of the molecule is COCCOc1ncccc1C(=O)NCCCc1cn(-c2ccccc2)nc1C. The van der Waals surface area contributed by atoms with Crippen molar-refractivity contribution in [1.82, 2.24) is 20.1 Å². The number of nitrogens with zero attached hydrogens (tertiary/aromatic N) is 3. The van der Waals surface area contributed by atoms with Crippen molar-refractivity contribution in [2.24, 2.45) is 0 Å². The third-order valence-electron chi connectivity index (χ3n) is 4.47. The molecule has 0 bridgehead atoms. The van der Waals surface area contributed by atoms with E-state index in [9.17, 15) is 4.79 Å². The Bertz CT molecular complexity index is 925. The zero-order chi connectivity index (χ0) is 20.5. The van der Waals surface area contributed by atoms with Gasteiger partial charge in [0.1, 0.15) is 12.2 Å². The van der Waals surface area contributed by atoms with Gasteiger partial charge in [0.05, 0.1) is 18.0 Å². The van der Waals surface area contributed by atoms with Gasteiger partial charge in [0.25, 0.3) is 5.91 Å². The summed E-state index contributed by atoms with van der Waals surface area (Å²) >= 11 is 0. The fourth-order valence-corrected chi connectivity index (χ4v) is 2.93. The Hall–Kier alpha value is -3.19. The molecule has 0 saturated heterocycles. The monoisotopic (exact) mass is 394 g/mol. The van der Waals surface area contributed by atoms with E-state index < -0.39 is 0 Å². The fraction of sp³-hybridized carbons (Fsp3) is 0.318. The first kappa shape index (κ1) is 20.5. The summed E-state index contributed by atoms with van der Waals surface area (Å²) in [4.78, 5) is 16.6. The minimum absolute atomic E-state index is 0.192. The van der Waals surface area contributed by atoms with Gasteiger partial charge >= 0.3 is 0 Å². The molecular formula is C22H26N4O3. The Morgan fingerprint density at radius 3 is 2.76 bits per heavy atom. The molecule has 7 nitrogen and oxygen atoms in total. The molecule has 0 aliphatic rings. The summed E-state index contributed by atoms with van der Waals surface area (Å²) < 4.78 is 12.4. The molecule has 0 aliphatic carbocycles. The van der Waals surface area contributed by atoms with E-state index in [1.807, 2.05) is 41.9 Å². The van der Waals surface area contributed by atoms with Crippen molar-refractivity contribution < 1.29 is 14.3 Å². The Labute approximate surface area is 170 Å². The van der Waals surface area contributed by atoms with Gasteiger partial charge in [-0.2, -0.15) is 5.10 Å². The number of nitrogens with one attached hydrogen (secondary N) is 1. The van der Waals surface area contributed by atoms with Crippen molar-refractivity contribution in [2.75, 3.05) is 26.9 Å². The molecule has 3 aromatic rings. The third kappa shape index (κ3) is 5.65. The molecular weight excluding hydrogens is 368 g/mol. The zero-order valence-corrected chi connectivity index (χ0v) is 16.8. The second kappa shape index (κ2) is 10.4. The number of hydrogen-bond donors (Lipinski definition) is 1. The van der Waals surface area contributed by atoms with Crippen LogP contribution in [0.4, 0.5) is 0 Å². The molecule has 1 amide bonds. The van der Waals surface area contributed by atoms with Crippen LogP contribution in [0.25, 0.3) is 5.69 Å². The van der Waals surface area contributed by atoms with Gasteiger partial charge in [0.2, 0.25) is 5.88 Å². The topological polar surface area (TPSA) is 78.3 Å². The molecule has 7 heteroatoms. The third-order valence-corrected chi connectivity index (χ3v) is 4.47. The second-order valence-electron chi connectivity index (χ2n) is 6.58. The average molecular weight is 394 g/mol. The first-order chi connectivity index (χ1) is 14.2. The van der Waals surface area contributed by atoms with Gasteiger partial charge in [-0.3, -0.25) is 4.79 Å². The van der Waals surface area contributed by atoms with Crippen molar-refractivity contribution in [3.8, 4) is 11.6 Å². The van der Waals surface area contributed by atoms with Crippen LogP contribution in [0.3, 0.4) is 0 Å². The molecule has 0 spiro atoms. The van der Waals surface area contributed by atoms with E-state index in [4.69, 9.17) is 9.47 Å². The number of benzene rings is 1. The van der Waals surface area contributed by atoms with Crippen molar-refractivity contribution in [3.63, 3.8) is 0 Å². The van der Waals surface area contributed by atoms with Crippen LogP contribution >= 0.6 is 0 Å². The predicted molar refractivity (Wildman–Crippen MR) is 111 cm³/mol. The van der Waals surface area contributed by atoms with E-state index in [1.165, 1.54) is 5.56 Å². The Morgan fingerprint density at radius 1 is 1.14 bits per heavy atom. The van der Waals surface area contributed by atoms with E-state index in [0.717, 1.165) is 24.2 Å². The lowest BCUT2D eigenvalue weighted by Crippen LogP contribution is -2.25. The first-order valence-electron chi connectivity index (χ1n) is 9.64. The second-order valence-corrected chi connectivity index (χ2v) is 6.58. The summed E-state index contributed by atoms with van der Waals surface area (Å²) in [6.45, 7) is 3.35. The van der Waals surface area contributed by atoms with Crippen LogP contribution in [-0.4, -0.2) is 47.5 Å². The Balaban J connectivity index is 1.51. The van der Waals surface area contributed by atoms with E-state index >= 15 is 0 Å². The minimum atomic E-state index is -0.192. The van der Waals surface area contributed by atoms with Crippen LogP contribution in [0.1, 0.15) is 28.0 Å². The molecule has 0 unspecified atom stereocenters. The highest BCUT2D eigenvalue weighted by Gasteiger charge is 2.13. The van der Waals surface area contributed by atoms with Crippen molar-refractivity contribution in [2.45, 2.75) is 19.8 Å². The summed E-state index contributed by atoms with van der Waals surface area (Å²) in [7, 11) is 1.60. The quantitative estimate of drug-likeness (QED) is 0.535. The molecule has 0 fully saturated rings. The molecule has 0 aliphatic heterocycles. The van der Waals surface area contributed by atoms with Crippen LogP contribution in [0.15, 0.2) is 54.9 Å². The smallest absolute Gasteiger partial charge is 0.256 e. The first-order valence-corrected chi connectivity index (χ1v) is 9.64. The highest BCUT2D eigenvalue weighted by molar-refractivity contribution is 5.96. The number of carbonyl (C=O) groups excluding carboxylic acids is 1. The number of methoxy groups -OCH3 is 1. The predicted octanol–water partition coefficient (Wildman–Crippen LogP) is 2.96. The molecule has 3 rings (SSSR count). The number of aromatic nitrogens is 3. The van der Waals surface area contributed by atoms with Crippen molar-refractivity contribution in [3.05, 3.63) is 71.7 Å². The molecule has 29 heavy (non-hydrogen) atoms. The van der Waals surface area contributed by atoms with Gasteiger partial charge in [-0.05, 0) is 49.6 Å². The van der Waals surface area contributed by atoms with Crippen LogP contribution in [0.5, 0.6) is 5.88 Å². The molecule has 2 heterocycles. The summed E-state index contributed by atoms with van der Waals surface area (Å²) in [5.41, 5.74) is 3.64. The average Bonchev–Trinajstić information content (AvgIpc) is 3.13. The standard InChI is InChI=1S/C22H26N4O3/c1-17-18(16-26(25-17)19-9-4-3-5-10-19)8-6-12-23-21(27)20-11-7-13-24-22(20)29-15-14-28-2/h3-5,7,9-11,13,16H,6,8,12,14-15H2,1-2H3,(H,23,27). The summed E-state index contributed by atoms with van der Waals surface area (Å²) in [6.07, 6.45) is 5.30. The number of rotatable bonds is 10. The maximum absolute atomic E-state index is 12.5. The molecule has 1 aromatic carbocycles. The molecule has 0 radical (unpaired) electrons. The highest BCUT2D eigenvalue weighted by Crippen LogP contribution is 2.15. The van der Waals surface area contributed by atoms with Gasteiger partial charge in [-0.1, -0.05) is 18.2 Å². The van der Waals surface area contributed by atoms with Gasteiger partial charge in [-0.15, -0.1) is 0 Å². The number of para-hydroxylation sites is 1. The summed E-state index contributed by atoms with van der Waals surface area (Å²) in [5.74, 6) is 0.129. The van der Waals surface area contributed by atoms with Gasteiger partial charge in [-0.25, -0.2) is 9.67 Å². The zero-order valence-electron chi connectivity index (χ0n) is 16.8. The van der Waals surface area contributed by atoms with Crippen molar-refractivity contribution >= 4 is 5.91 Å². The summed E-state index contributed by atoms with van der Waals surface area (Å²) in [6, 6.07) is 13.4. The lowest BCUT2D eigenvalue weighted by atomic mass is 10.1. The fourth-order valence-electron chi connectivity index (χ4n) is 2.93. The lowest BCUT2D eigenvalue weighted by molar-refractivity contribution is 0.0943. The van der Waals surface area contributed by atoms with E-state index in [0.29, 0.717) is 31.2 Å². The maximum atomic E-state index is 12.5. The number of aryl methyl sites for hydroxylation is 2. The normalized spacial score (nSPS) is 10.7. The van der Waals surface area contributed by atoms with Crippen LogP contribution in [0.2, 0.25) is 0 Å². The molecule has 1 N–H and O–H groups in total. The van der Waals surface area contributed by atoms with E-state index in [2.05, 4.69) is 21.6 Å². The maximum Gasteiger partial charge on any atom is 0.256 e. The van der Waals surface area contributed by atoms with E-state index in [1.54, 1.807) is 25.4 Å². The number of amides is 1. The molecule has 152 valence electrons. The molecule has 0 atom stereocenters. The van der Waals surface area contributed by atoms with Gasteiger partial charge < -0.3 is 14.8 Å². The van der Waals surface area contributed by atoms with Gasteiger partial charge in [0, 0.05) is 26.0 Å². The van der Waals surface area contributed by atoms with Crippen molar-refractivity contribution in [1.29, 1.82) is 0 Å². The number of ether oxygens (including phenoxy) is 2. The van der Waals surface area contributed by atoms with Crippen LogP contribution in [0, 0.1) is 6.92 Å². The number of pyridine rings is 1. The van der Waals surface area contributed by atoms with Crippen LogP contribution in [-0.2, 0) is 11.2 Å². The molecule has 2 aromatic heterocycles. The minimum Gasteiger partial charge on any atom is -0.475 e.